The standard InChI is InChI=1S/C12H13N3O/c1-8-14-7-11(15-8)10-4-2-3-9(5-10)6-12(13)16/h2-5,7H,6H2,1H3,(H2,13,16)(H,14,15). The first-order chi connectivity index (χ1) is 7.65. The Morgan fingerprint density at radius 1 is 1.50 bits per heavy atom. The fourth-order valence-corrected chi connectivity index (χ4v) is 1.62. The van der Waals surface area contributed by atoms with E-state index in [4.69, 9.17) is 5.73 Å². The average Bonchev–Trinajstić information content (AvgIpc) is 2.64. The number of imidazole rings is 1. The summed E-state index contributed by atoms with van der Waals surface area (Å²) in [6.07, 6.45) is 2.04. The Morgan fingerprint density at radius 3 is 2.94 bits per heavy atom. The molecule has 3 N–H and O–H groups in total. The summed E-state index contributed by atoms with van der Waals surface area (Å²) in [7, 11) is 0. The molecule has 0 aliphatic rings. The SMILES string of the molecule is Cc1ncc(-c2cccc(CC(N)=O)c2)[nH]1. The van der Waals surface area contributed by atoms with Gasteiger partial charge >= 0.3 is 0 Å². The molecule has 0 aliphatic carbocycles. The van der Waals surface area contributed by atoms with E-state index in [1.54, 1.807) is 6.20 Å². The van der Waals surface area contributed by atoms with Crippen molar-refractivity contribution in [1.29, 1.82) is 0 Å². The molecule has 1 aromatic heterocycles. The molecule has 0 unspecified atom stereocenters. The fourth-order valence-electron chi connectivity index (χ4n) is 1.62. The van der Waals surface area contributed by atoms with E-state index in [0.29, 0.717) is 0 Å². The summed E-state index contributed by atoms with van der Waals surface area (Å²) < 4.78 is 0. The van der Waals surface area contributed by atoms with Gasteiger partial charge in [-0.3, -0.25) is 4.79 Å². The first kappa shape index (κ1) is 10.4. The van der Waals surface area contributed by atoms with Gasteiger partial charge in [0, 0.05) is 0 Å². The first-order valence-electron chi connectivity index (χ1n) is 5.04. The molecule has 0 fully saturated rings. The predicted molar refractivity (Wildman–Crippen MR) is 61.7 cm³/mol. The van der Waals surface area contributed by atoms with E-state index in [9.17, 15) is 4.79 Å². The van der Waals surface area contributed by atoms with E-state index < -0.39 is 0 Å². The average molecular weight is 215 g/mol. The number of nitrogens with one attached hydrogen (secondary N) is 1. The first-order valence-corrected chi connectivity index (χ1v) is 5.04. The molecule has 0 atom stereocenters. The second-order valence-electron chi connectivity index (χ2n) is 3.73. The zero-order chi connectivity index (χ0) is 11.5. The van der Waals surface area contributed by atoms with Gasteiger partial charge in [0.15, 0.2) is 0 Å². The van der Waals surface area contributed by atoms with E-state index in [2.05, 4.69) is 9.97 Å². The van der Waals surface area contributed by atoms with Crippen molar-refractivity contribution in [3.8, 4) is 11.3 Å². The zero-order valence-corrected chi connectivity index (χ0v) is 9.03. The Balaban J connectivity index is 2.32. The van der Waals surface area contributed by atoms with Crippen LogP contribution < -0.4 is 5.73 Å². The lowest BCUT2D eigenvalue weighted by atomic mass is 10.1. The van der Waals surface area contributed by atoms with Crippen molar-refractivity contribution in [3.63, 3.8) is 0 Å². The van der Waals surface area contributed by atoms with Crippen molar-refractivity contribution in [2.24, 2.45) is 5.73 Å². The number of aryl methyl sites for hydroxylation is 1. The third-order valence-electron chi connectivity index (χ3n) is 2.32. The van der Waals surface area contributed by atoms with E-state index in [1.165, 1.54) is 0 Å². The molecule has 4 heteroatoms. The molecule has 4 nitrogen and oxygen atoms in total. The number of benzene rings is 1. The monoisotopic (exact) mass is 215 g/mol. The van der Waals surface area contributed by atoms with Crippen LogP contribution in [0.25, 0.3) is 11.3 Å². The van der Waals surface area contributed by atoms with E-state index >= 15 is 0 Å². The summed E-state index contributed by atoms with van der Waals surface area (Å²) in [5.74, 6) is 0.549. The van der Waals surface area contributed by atoms with Crippen LogP contribution in [0, 0.1) is 6.92 Å². The number of carbonyl (C=O) groups is 1. The molecule has 2 rings (SSSR count). The molecule has 1 heterocycles. The predicted octanol–water partition coefficient (Wildman–Crippen LogP) is 1.41. The Bertz CT molecular complexity index is 516. The minimum absolute atomic E-state index is 0.265. The Morgan fingerprint density at radius 2 is 2.31 bits per heavy atom. The maximum absolute atomic E-state index is 10.8. The third kappa shape index (κ3) is 2.28. The largest absolute Gasteiger partial charge is 0.369 e. The number of nitrogens with zero attached hydrogens (tertiary/aromatic N) is 1. The summed E-state index contributed by atoms with van der Waals surface area (Å²) in [5.41, 5.74) is 8.03. The number of rotatable bonds is 3. The van der Waals surface area contributed by atoms with Gasteiger partial charge in [0.1, 0.15) is 5.82 Å². The molecule has 0 saturated carbocycles. The smallest absolute Gasteiger partial charge is 0.221 e. The van der Waals surface area contributed by atoms with Crippen molar-refractivity contribution in [2.75, 3.05) is 0 Å². The molecule has 0 radical (unpaired) electrons. The van der Waals surface area contributed by atoms with Crippen molar-refractivity contribution < 1.29 is 4.79 Å². The lowest BCUT2D eigenvalue weighted by molar-refractivity contribution is -0.117. The number of hydrogen-bond acceptors (Lipinski definition) is 2. The van der Waals surface area contributed by atoms with Crippen LogP contribution in [0.1, 0.15) is 11.4 Å². The van der Waals surface area contributed by atoms with Gasteiger partial charge in [0.05, 0.1) is 18.3 Å². The van der Waals surface area contributed by atoms with Crippen LogP contribution in [-0.2, 0) is 11.2 Å². The van der Waals surface area contributed by atoms with Crippen LogP contribution in [0.2, 0.25) is 0 Å². The van der Waals surface area contributed by atoms with Gasteiger partial charge in [0.25, 0.3) is 0 Å². The Hall–Kier alpha value is -2.10. The quantitative estimate of drug-likeness (QED) is 0.812. The number of nitrogens with two attached hydrogens (primary N) is 1. The highest BCUT2D eigenvalue weighted by molar-refractivity contribution is 5.77. The van der Waals surface area contributed by atoms with E-state index in [1.807, 2.05) is 31.2 Å². The second-order valence-corrected chi connectivity index (χ2v) is 3.73. The summed E-state index contributed by atoms with van der Waals surface area (Å²) in [6.45, 7) is 1.90. The van der Waals surface area contributed by atoms with Gasteiger partial charge in [-0.1, -0.05) is 18.2 Å². The van der Waals surface area contributed by atoms with Gasteiger partial charge in [0.2, 0.25) is 5.91 Å². The fraction of sp³-hybridized carbons (Fsp3) is 0.167. The summed E-state index contributed by atoms with van der Waals surface area (Å²) in [4.78, 5) is 18.1. The molecule has 82 valence electrons. The highest BCUT2D eigenvalue weighted by atomic mass is 16.1. The van der Waals surface area contributed by atoms with Crippen LogP contribution >= 0.6 is 0 Å². The minimum Gasteiger partial charge on any atom is -0.369 e. The number of hydrogen-bond donors (Lipinski definition) is 2. The topological polar surface area (TPSA) is 71.8 Å². The molecule has 0 spiro atoms. The van der Waals surface area contributed by atoms with Gasteiger partial charge < -0.3 is 10.7 Å². The molecule has 0 aliphatic heterocycles. The number of aromatic amines is 1. The van der Waals surface area contributed by atoms with Crippen molar-refractivity contribution in [1.82, 2.24) is 9.97 Å². The van der Waals surface area contributed by atoms with E-state index in [-0.39, 0.29) is 12.3 Å². The maximum Gasteiger partial charge on any atom is 0.221 e. The van der Waals surface area contributed by atoms with Crippen LogP contribution in [0.3, 0.4) is 0 Å². The number of H-pyrrole nitrogens is 1. The van der Waals surface area contributed by atoms with Crippen LogP contribution in [0.15, 0.2) is 30.5 Å². The normalized spacial score (nSPS) is 10.3. The van der Waals surface area contributed by atoms with Gasteiger partial charge in [-0.05, 0) is 24.1 Å². The third-order valence-corrected chi connectivity index (χ3v) is 2.32. The summed E-state index contributed by atoms with van der Waals surface area (Å²) >= 11 is 0. The molecular weight excluding hydrogens is 202 g/mol. The lowest BCUT2D eigenvalue weighted by Crippen LogP contribution is -2.13. The molecule has 1 amide bonds. The van der Waals surface area contributed by atoms with Crippen molar-refractivity contribution in [3.05, 3.63) is 41.9 Å². The second kappa shape index (κ2) is 4.18. The van der Waals surface area contributed by atoms with Gasteiger partial charge in [-0.15, -0.1) is 0 Å². The molecule has 1 aromatic carbocycles. The number of aromatic nitrogens is 2. The molecule has 2 aromatic rings. The van der Waals surface area contributed by atoms with Crippen molar-refractivity contribution in [2.45, 2.75) is 13.3 Å². The van der Waals surface area contributed by atoms with Crippen LogP contribution in [0.5, 0.6) is 0 Å². The summed E-state index contributed by atoms with van der Waals surface area (Å²) in [5, 5.41) is 0. The number of amides is 1. The van der Waals surface area contributed by atoms with Crippen LogP contribution in [-0.4, -0.2) is 15.9 Å². The van der Waals surface area contributed by atoms with Gasteiger partial charge in [-0.2, -0.15) is 0 Å². The maximum atomic E-state index is 10.8. The lowest BCUT2D eigenvalue weighted by Gasteiger charge is -2.01. The Kier molecular flexibility index (Phi) is 2.72. The highest BCUT2D eigenvalue weighted by Gasteiger charge is 2.03. The highest BCUT2D eigenvalue weighted by Crippen LogP contribution is 2.18. The summed E-state index contributed by atoms with van der Waals surface area (Å²) in [6, 6.07) is 7.70. The minimum atomic E-state index is -0.321. The van der Waals surface area contributed by atoms with Crippen molar-refractivity contribution >= 4 is 5.91 Å². The molecule has 0 bridgehead atoms. The molecular formula is C12H13N3O. The van der Waals surface area contributed by atoms with E-state index in [0.717, 1.165) is 22.6 Å². The van der Waals surface area contributed by atoms with Gasteiger partial charge in [-0.25, -0.2) is 4.98 Å². The molecule has 0 saturated heterocycles. The number of carbonyl (C=O) groups excluding carboxylic acids is 1. The number of primary amides is 1. The van der Waals surface area contributed by atoms with Crippen LogP contribution in [0.4, 0.5) is 0 Å². The molecule has 16 heavy (non-hydrogen) atoms. The Labute approximate surface area is 93.5 Å². The zero-order valence-electron chi connectivity index (χ0n) is 9.03.